The lowest BCUT2D eigenvalue weighted by Gasteiger charge is -2.29. The molecular formula is C21H20F2N8O. The minimum atomic E-state index is -0.931. The van der Waals surface area contributed by atoms with Gasteiger partial charge in [-0.25, -0.2) is 13.8 Å². The van der Waals surface area contributed by atoms with Crippen LogP contribution in [0.25, 0.3) is 5.57 Å². The second kappa shape index (κ2) is 8.06. The molecule has 0 atom stereocenters. The van der Waals surface area contributed by atoms with Crippen LogP contribution in [0.5, 0.6) is 0 Å². The van der Waals surface area contributed by atoms with Crippen LogP contribution in [0.1, 0.15) is 41.0 Å². The zero-order valence-electron chi connectivity index (χ0n) is 17.3. The van der Waals surface area contributed by atoms with Crippen molar-refractivity contribution in [3.63, 3.8) is 0 Å². The number of halogens is 2. The number of rotatable bonds is 3. The lowest BCUT2D eigenvalue weighted by Crippen LogP contribution is -2.32. The van der Waals surface area contributed by atoms with Gasteiger partial charge in [0.2, 0.25) is 0 Å². The maximum atomic E-state index is 13.9. The van der Waals surface area contributed by atoms with Gasteiger partial charge in [0.1, 0.15) is 17.2 Å². The Morgan fingerprint density at radius 2 is 1.97 bits per heavy atom. The Hall–Kier alpha value is -3.76. The van der Waals surface area contributed by atoms with E-state index in [-0.39, 0.29) is 5.82 Å². The fraction of sp³-hybridized carbons (Fsp3) is 0.333. The Morgan fingerprint density at radius 1 is 1.16 bits per heavy atom. The molecular weight excluding hydrogens is 418 g/mol. The van der Waals surface area contributed by atoms with Gasteiger partial charge in [-0.05, 0) is 48.6 Å². The lowest BCUT2D eigenvalue weighted by atomic mass is 9.96. The molecule has 2 aliphatic rings. The number of anilines is 2. The maximum Gasteiger partial charge on any atom is 0.266 e. The number of nitrogens with one attached hydrogen (secondary N) is 1. The second-order valence-corrected chi connectivity index (χ2v) is 7.79. The van der Waals surface area contributed by atoms with Crippen LogP contribution in [0.4, 0.5) is 20.5 Å². The van der Waals surface area contributed by atoms with E-state index in [4.69, 9.17) is 0 Å². The van der Waals surface area contributed by atoms with Gasteiger partial charge in [-0.1, -0.05) is 16.7 Å². The highest BCUT2D eigenvalue weighted by Crippen LogP contribution is 2.34. The van der Waals surface area contributed by atoms with E-state index in [1.807, 2.05) is 0 Å². The first-order valence-electron chi connectivity index (χ1n) is 10.3. The van der Waals surface area contributed by atoms with Gasteiger partial charge in [0.05, 0.1) is 24.6 Å². The van der Waals surface area contributed by atoms with Crippen molar-refractivity contribution in [2.45, 2.75) is 25.7 Å². The molecule has 5 rings (SSSR count). The predicted molar refractivity (Wildman–Crippen MR) is 112 cm³/mol. The summed E-state index contributed by atoms with van der Waals surface area (Å²) in [6.45, 7) is 1.39. The van der Waals surface area contributed by atoms with Crippen molar-refractivity contribution >= 4 is 23.2 Å². The molecule has 3 aromatic rings. The molecule has 0 spiro atoms. The van der Waals surface area contributed by atoms with E-state index in [0.717, 1.165) is 54.9 Å². The Morgan fingerprint density at radius 3 is 2.72 bits per heavy atom. The Balaban J connectivity index is 1.42. The molecule has 2 aromatic heterocycles. The van der Waals surface area contributed by atoms with Crippen LogP contribution < -0.4 is 10.2 Å². The number of fused-ring (bicyclic) bond motifs is 2. The summed E-state index contributed by atoms with van der Waals surface area (Å²) >= 11 is 0. The first kappa shape index (κ1) is 20.2. The highest BCUT2D eigenvalue weighted by atomic mass is 19.1. The zero-order valence-corrected chi connectivity index (χ0v) is 17.3. The van der Waals surface area contributed by atoms with E-state index in [1.54, 1.807) is 7.05 Å². The fourth-order valence-corrected chi connectivity index (χ4v) is 4.17. The van der Waals surface area contributed by atoms with Crippen LogP contribution in [0, 0.1) is 11.6 Å². The summed E-state index contributed by atoms with van der Waals surface area (Å²) in [5.41, 5.74) is 3.30. The number of aryl methyl sites for hydroxylation is 2. The third-order valence-corrected chi connectivity index (χ3v) is 5.69. The average Bonchev–Trinajstić information content (AvgIpc) is 3.12. The summed E-state index contributed by atoms with van der Waals surface area (Å²) < 4.78 is 27.9. The topological polar surface area (TPSA) is 102 Å². The van der Waals surface area contributed by atoms with Crippen molar-refractivity contribution in [3.8, 4) is 0 Å². The normalized spacial score (nSPS) is 15.8. The monoisotopic (exact) mass is 438 g/mol. The van der Waals surface area contributed by atoms with Gasteiger partial charge in [0.15, 0.2) is 5.82 Å². The number of carbonyl (C=O) groups is 1. The van der Waals surface area contributed by atoms with Crippen molar-refractivity contribution in [2.75, 3.05) is 23.3 Å². The van der Waals surface area contributed by atoms with Crippen LogP contribution in [0.15, 0.2) is 30.0 Å². The first-order chi connectivity index (χ1) is 15.5. The zero-order chi connectivity index (χ0) is 22.2. The average molecular weight is 438 g/mol. The molecule has 1 aliphatic carbocycles. The minimum absolute atomic E-state index is 0.156. The summed E-state index contributed by atoms with van der Waals surface area (Å²) in [7, 11) is 1.72. The first-order valence-corrected chi connectivity index (χ1v) is 10.3. The number of tetrazole rings is 1. The molecule has 9 nitrogen and oxygen atoms in total. The maximum absolute atomic E-state index is 13.9. The summed E-state index contributed by atoms with van der Waals surface area (Å²) in [5.74, 6) is -2.04. The molecule has 0 fully saturated rings. The SMILES string of the molecule is Cn1nnc(N2CCC3=C(C2)c2ncc(NC(=O)c4c(F)cccc4F)nc2CCC3)n1. The van der Waals surface area contributed by atoms with Gasteiger partial charge in [-0.3, -0.25) is 9.78 Å². The summed E-state index contributed by atoms with van der Waals surface area (Å²) in [4.78, 5) is 25.0. The molecule has 32 heavy (non-hydrogen) atoms. The van der Waals surface area contributed by atoms with Gasteiger partial charge < -0.3 is 10.2 Å². The van der Waals surface area contributed by atoms with Crippen molar-refractivity contribution in [2.24, 2.45) is 7.05 Å². The van der Waals surface area contributed by atoms with Crippen LogP contribution in [-0.4, -0.2) is 49.2 Å². The molecule has 164 valence electrons. The molecule has 1 amide bonds. The highest BCUT2D eigenvalue weighted by molar-refractivity contribution is 6.04. The Kier molecular flexibility index (Phi) is 5.08. The van der Waals surface area contributed by atoms with E-state index in [2.05, 4.69) is 35.6 Å². The molecule has 1 N–H and O–H groups in total. The highest BCUT2D eigenvalue weighted by Gasteiger charge is 2.28. The predicted octanol–water partition coefficient (Wildman–Crippen LogP) is 2.53. The van der Waals surface area contributed by atoms with Crippen LogP contribution >= 0.6 is 0 Å². The summed E-state index contributed by atoms with van der Waals surface area (Å²) in [6.07, 6.45) is 4.84. The molecule has 1 aromatic carbocycles. The fourth-order valence-electron chi connectivity index (χ4n) is 4.17. The molecule has 11 heteroatoms. The number of amides is 1. The molecule has 0 saturated heterocycles. The van der Waals surface area contributed by atoms with Crippen LogP contribution in [0.3, 0.4) is 0 Å². The standard InChI is InChI=1S/C21H20F2N8O/c1-30-28-21(27-29-30)31-9-8-12-4-2-7-16-19(13(12)11-31)24-10-17(25-16)26-20(32)18-14(22)5-3-6-15(18)23/h3,5-6,10H,2,4,7-9,11H2,1H3,(H,25,26,32). The Bertz CT molecular complexity index is 1220. The largest absolute Gasteiger partial charge is 0.333 e. The summed E-state index contributed by atoms with van der Waals surface area (Å²) in [6, 6.07) is 3.28. The third kappa shape index (κ3) is 3.70. The number of hydrogen-bond acceptors (Lipinski definition) is 7. The molecule has 0 unspecified atom stereocenters. The van der Waals surface area contributed by atoms with E-state index in [9.17, 15) is 13.6 Å². The molecule has 1 aliphatic heterocycles. The molecule has 0 radical (unpaired) electrons. The van der Waals surface area contributed by atoms with Crippen molar-refractivity contribution < 1.29 is 13.6 Å². The van der Waals surface area contributed by atoms with Crippen molar-refractivity contribution in [1.29, 1.82) is 0 Å². The summed E-state index contributed by atoms with van der Waals surface area (Å²) in [5, 5.41) is 14.8. The van der Waals surface area contributed by atoms with Gasteiger partial charge >= 0.3 is 0 Å². The van der Waals surface area contributed by atoms with Crippen molar-refractivity contribution in [3.05, 3.63) is 58.6 Å². The van der Waals surface area contributed by atoms with Gasteiger partial charge in [0, 0.05) is 13.1 Å². The van der Waals surface area contributed by atoms with E-state index in [0.29, 0.717) is 18.9 Å². The number of aromatic nitrogens is 6. The Labute approximate surface area is 182 Å². The number of benzene rings is 1. The number of nitrogens with zero attached hydrogens (tertiary/aromatic N) is 7. The van der Waals surface area contributed by atoms with Crippen LogP contribution in [0.2, 0.25) is 0 Å². The second-order valence-electron chi connectivity index (χ2n) is 7.79. The van der Waals surface area contributed by atoms with Gasteiger partial charge in [-0.15, -0.1) is 5.10 Å². The van der Waals surface area contributed by atoms with Gasteiger partial charge in [-0.2, -0.15) is 4.80 Å². The van der Waals surface area contributed by atoms with Crippen molar-refractivity contribution in [1.82, 2.24) is 30.2 Å². The molecule has 0 saturated carbocycles. The lowest BCUT2D eigenvalue weighted by molar-refractivity contribution is 0.101. The third-order valence-electron chi connectivity index (χ3n) is 5.69. The number of carbonyl (C=O) groups excluding carboxylic acids is 1. The molecule has 0 bridgehead atoms. The quantitative estimate of drug-likeness (QED) is 0.671. The van der Waals surface area contributed by atoms with Crippen LogP contribution in [-0.2, 0) is 13.5 Å². The van der Waals surface area contributed by atoms with E-state index < -0.39 is 23.1 Å². The number of hydrogen-bond donors (Lipinski definition) is 1. The smallest absolute Gasteiger partial charge is 0.266 e. The van der Waals surface area contributed by atoms with E-state index in [1.165, 1.54) is 22.6 Å². The van der Waals surface area contributed by atoms with Gasteiger partial charge in [0.25, 0.3) is 11.9 Å². The van der Waals surface area contributed by atoms with E-state index >= 15 is 0 Å². The molecule has 3 heterocycles. The minimum Gasteiger partial charge on any atom is -0.333 e.